The molecule has 120 valence electrons. The maximum atomic E-state index is 12.5. The highest BCUT2D eigenvalue weighted by Gasteiger charge is 2.28. The first-order valence-corrected chi connectivity index (χ1v) is 7.47. The van der Waals surface area contributed by atoms with E-state index in [-0.39, 0.29) is 16.6 Å². The molecule has 0 saturated heterocycles. The van der Waals surface area contributed by atoms with Crippen molar-refractivity contribution >= 4 is 28.9 Å². The summed E-state index contributed by atoms with van der Waals surface area (Å²) < 4.78 is 0. The number of amides is 1. The minimum atomic E-state index is -0.657. The first-order chi connectivity index (χ1) is 10.8. The Morgan fingerprint density at radius 2 is 1.87 bits per heavy atom. The van der Waals surface area contributed by atoms with Crippen molar-refractivity contribution in [2.45, 2.75) is 20.3 Å². The summed E-state index contributed by atoms with van der Waals surface area (Å²) in [6, 6.07) is 13.9. The third-order valence-corrected chi connectivity index (χ3v) is 3.82. The van der Waals surface area contributed by atoms with Gasteiger partial charge in [-0.25, -0.2) is 0 Å². The van der Waals surface area contributed by atoms with Gasteiger partial charge in [0.05, 0.1) is 4.92 Å². The van der Waals surface area contributed by atoms with Crippen LogP contribution in [-0.2, 0) is 11.2 Å². The van der Waals surface area contributed by atoms with Crippen LogP contribution < -0.4 is 5.32 Å². The molecule has 5 nitrogen and oxygen atoms in total. The van der Waals surface area contributed by atoms with E-state index in [0.717, 1.165) is 5.56 Å². The number of carbonyl (C=O) groups excluding carboxylic acids is 1. The highest BCUT2D eigenvalue weighted by Crippen LogP contribution is 2.29. The fourth-order valence-corrected chi connectivity index (χ4v) is 2.40. The molecule has 0 radical (unpaired) electrons. The molecule has 0 aliphatic heterocycles. The lowest BCUT2D eigenvalue weighted by molar-refractivity contribution is -0.384. The second-order valence-corrected chi connectivity index (χ2v) is 6.33. The fraction of sp³-hybridized carbons (Fsp3) is 0.235. The summed E-state index contributed by atoms with van der Waals surface area (Å²) in [6.07, 6.45) is 0.565. The maximum absolute atomic E-state index is 12.5. The number of nitrogens with one attached hydrogen (secondary N) is 1. The molecule has 6 heteroatoms. The molecule has 1 N–H and O–H groups in total. The molecule has 0 aromatic heterocycles. The maximum Gasteiger partial charge on any atom is 0.289 e. The quantitative estimate of drug-likeness (QED) is 0.649. The van der Waals surface area contributed by atoms with Crippen molar-refractivity contribution in [3.05, 3.63) is 69.2 Å². The number of carbonyl (C=O) groups is 1. The van der Waals surface area contributed by atoms with E-state index in [1.54, 1.807) is 6.07 Å². The lowest BCUT2D eigenvalue weighted by Crippen LogP contribution is -2.32. The average molecular weight is 333 g/mol. The highest BCUT2D eigenvalue weighted by molar-refractivity contribution is 6.32. The normalized spacial score (nSPS) is 11.1. The van der Waals surface area contributed by atoms with Gasteiger partial charge in [-0.05, 0) is 24.1 Å². The fourth-order valence-electron chi connectivity index (χ4n) is 2.22. The summed E-state index contributed by atoms with van der Waals surface area (Å²) in [5.74, 6) is -0.210. The molecule has 0 aliphatic carbocycles. The second-order valence-electron chi connectivity index (χ2n) is 5.92. The smallest absolute Gasteiger partial charge is 0.289 e. The predicted octanol–water partition coefficient (Wildman–Crippen LogP) is 4.46. The van der Waals surface area contributed by atoms with Crippen LogP contribution >= 0.6 is 11.6 Å². The standard InChI is InChI=1S/C17H17ClN2O3/c1-17(2,11-12-6-4-3-5-7-12)16(21)19-13-8-9-14(18)15(10-13)20(22)23/h3-10H,11H2,1-2H3,(H,19,21). The van der Waals surface area contributed by atoms with Crippen LogP contribution in [0.25, 0.3) is 0 Å². The number of anilines is 1. The Bertz CT molecular complexity index is 730. The molecule has 0 saturated carbocycles. The molecule has 0 bridgehead atoms. The average Bonchev–Trinajstić information content (AvgIpc) is 2.49. The summed E-state index contributed by atoms with van der Waals surface area (Å²) in [6.45, 7) is 3.67. The zero-order chi connectivity index (χ0) is 17.0. The second kappa shape index (κ2) is 6.79. The van der Waals surface area contributed by atoms with Gasteiger partial charge < -0.3 is 5.32 Å². The van der Waals surface area contributed by atoms with Gasteiger partial charge in [0.25, 0.3) is 5.69 Å². The number of hydrogen-bond acceptors (Lipinski definition) is 3. The van der Waals surface area contributed by atoms with Gasteiger partial charge in [-0.3, -0.25) is 14.9 Å². The van der Waals surface area contributed by atoms with Crippen LogP contribution in [0.5, 0.6) is 0 Å². The minimum Gasteiger partial charge on any atom is -0.325 e. The third-order valence-electron chi connectivity index (χ3n) is 3.50. The Kier molecular flexibility index (Phi) is 5.01. The molecule has 0 spiro atoms. The highest BCUT2D eigenvalue weighted by atomic mass is 35.5. The van der Waals surface area contributed by atoms with Gasteiger partial charge >= 0.3 is 0 Å². The van der Waals surface area contributed by atoms with E-state index in [1.165, 1.54) is 12.1 Å². The van der Waals surface area contributed by atoms with E-state index in [2.05, 4.69) is 5.32 Å². The molecule has 0 unspecified atom stereocenters. The molecule has 2 aromatic rings. The van der Waals surface area contributed by atoms with Crippen molar-refractivity contribution in [3.63, 3.8) is 0 Å². The summed E-state index contributed by atoms with van der Waals surface area (Å²) in [5.41, 5.74) is 0.516. The summed E-state index contributed by atoms with van der Waals surface area (Å²) in [5, 5.41) is 13.7. The van der Waals surface area contributed by atoms with Crippen molar-refractivity contribution in [3.8, 4) is 0 Å². The van der Waals surface area contributed by atoms with E-state index >= 15 is 0 Å². The molecule has 2 rings (SSSR count). The number of halogens is 1. The Morgan fingerprint density at radius 1 is 1.22 bits per heavy atom. The molecule has 2 aromatic carbocycles. The largest absolute Gasteiger partial charge is 0.325 e. The van der Waals surface area contributed by atoms with Crippen molar-refractivity contribution < 1.29 is 9.72 Å². The van der Waals surface area contributed by atoms with Crippen LogP contribution in [0.4, 0.5) is 11.4 Å². The van der Waals surface area contributed by atoms with E-state index in [9.17, 15) is 14.9 Å². The van der Waals surface area contributed by atoms with E-state index < -0.39 is 10.3 Å². The Balaban J connectivity index is 2.14. The Labute approximate surface area is 139 Å². The molecule has 0 fully saturated rings. The lowest BCUT2D eigenvalue weighted by Gasteiger charge is -2.23. The SMILES string of the molecule is CC(C)(Cc1ccccc1)C(=O)Nc1ccc(Cl)c([N+](=O)[O-])c1. The van der Waals surface area contributed by atoms with Gasteiger partial charge in [0.15, 0.2) is 0 Å². The zero-order valence-electron chi connectivity index (χ0n) is 12.9. The van der Waals surface area contributed by atoms with Crippen LogP contribution in [0.1, 0.15) is 19.4 Å². The lowest BCUT2D eigenvalue weighted by atomic mass is 9.84. The molecule has 0 atom stereocenters. The third kappa shape index (κ3) is 4.29. The van der Waals surface area contributed by atoms with Crippen molar-refractivity contribution in [1.82, 2.24) is 0 Å². The first kappa shape index (κ1) is 17.0. The Hall–Kier alpha value is -2.40. The van der Waals surface area contributed by atoms with Crippen LogP contribution in [-0.4, -0.2) is 10.8 Å². The van der Waals surface area contributed by atoms with Gasteiger partial charge in [0.1, 0.15) is 5.02 Å². The van der Waals surface area contributed by atoms with Crippen LogP contribution in [0.2, 0.25) is 5.02 Å². The monoisotopic (exact) mass is 332 g/mol. The molecule has 1 amide bonds. The number of rotatable bonds is 5. The predicted molar refractivity (Wildman–Crippen MR) is 90.7 cm³/mol. The number of benzene rings is 2. The van der Waals surface area contributed by atoms with Gasteiger partial charge in [-0.1, -0.05) is 55.8 Å². The van der Waals surface area contributed by atoms with Crippen LogP contribution in [0, 0.1) is 15.5 Å². The van der Waals surface area contributed by atoms with E-state index in [0.29, 0.717) is 12.1 Å². The summed E-state index contributed by atoms with van der Waals surface area (Å²) in [7, 11) is 0. The van der Waals surface area contributed by atoms with Gasteiger partial charge in [-0.2, -0.15) is 0 Å². The van der Waals surface area contributed by atoms with E-state index in [4.69, 9.17) is 11.6 Å². The summed E-state index contributed by atoms with van der Waals surface area (Å²) in [4.78, 5) is 22.8. The van der Waals surface area contributed by atoms with Gasteiger partial charge in [0.2, 0.25) is 5.91 Å². The molecular formula is C17H17ClN2O3. The van der Waals surface area contributed by atoms with Gasteiger partial charge in [-0.15, -0.1) is 0 Å². The number of nitro benzene ring substituents is 1. The topological polar surface area (TPSA) is 72.2 Å². The first-order valence-electron chi connectivity index (χ1n) is 7.09. The minimum absolute atomic E-state index is 0.0385. The Morgan fingerprint density at radius 3 is 2.48 bits per heavy atom. The summed E-state index contributed by atoms with van der Waals surface area (Å²) >= 11 is 5.77. The molecule has 0 aliphatic rings. The van der Waals surface area contributed by atoms with E-state index in [1.807, 2.05) is 44.2 Å². The van der Waals surface area contributed by atoms with Crippen LogP contribution in [0.3, 0.4) is 0 Å². The molecule has 23 heavy (non-hydrogen) atoms. The molecule has 0 heterocycles. The molecular weight excluding hydrogens is 316 g/mol. The van der Waals surface area contributed by atoms with Crippen molar-refractivity contribution in [2.24, 2.45) is 5.41 Å². The van der Waals surface area contributed by atoms with Gasteiger partial charge in [0, 0.05) is 17.2 Å². The number of nitrogens with zero attached hydrogens (tertiary/aromatic N) is 1. The number of nitro groups is 1. The zero-order valence-corrected chi connectivity index (χ0v) is 13.6. The van der Waals surface area contributed by atoms with Crippen molar-refractivity contribution in [1.29, 1.82) is 0 Å². The number of hydrogen-bond donors (Lipinski definition) is 1. The van der Waals surface area contributed by atoms with Crippen molar-refractivity contribution in [2.75, 3.05) is 5.32 Å². The van der Waals surface area contributed by atoms with Crippen LogP contribution in [0.15, 0.2) is 48.5 Å².